The van der Waals surface area contributed by atoms with Crippen LogP contribution in [0.2, 0.25) is 0 Å². The Hall–Kier alpha value is -8.81. The lowest BCUT2D eigenvalue weighted by molar-refractivity contribution is 1.05. The van der Waals surface area contributed by atoms with Crippen molar-refractivity contribution in [3.8, 4) is 78.9 Å². The lowest BCUT2D eigenvalue weighted by Gasteiger charge is -2.14. The highest BCUT2D eigenvalue weighted by atomic mass is 15.1. The van der Waals surface area contributed by atoms with E-state index in [9.17, 15) is 0 Å². The maximum atomic E-state index is 5.18. The van der Waals surface area contributed by atoms with Gasteiger partial charge in [-0.15, -0.1) is 0 Å². The molecule has 0 saturated carbocycles. The van der Waals surface area contributed by atoms with Crippen molar-refractivity contribution in [1.29, 1.82) is 0 Å². The minimum atomic E-state index is 0.415. The summed E-state index contributed by atoms with van der Waals surface area (Å²) in [6, 6.07) is 69.9. The molecule has 0 N–H and O–H groups in total. The third kappa shape index (κ3) is 6.87. The van der Waals surface area contributed by atoms with Crippen LogP contribution in [0, 0.1) is 0 Å². The van der Waals surface area contributed by atoms with Crippen LogP contribution < -0.4 is 0 Å². The van der Waals surface area contributed by atoms with Gasteiger partial charge in [0.2, 0.25) is 0 Å². The van der Waals surface area contributed by atoms with Crippen molar-refractivity contribution in [3.05, 3.63) is 213 Å². The molecule has 0 spiro atoms. The number of benzene rings is 7. The zero-order valence-electron chi connectivity index (χ0n) is 34.3. The summed E-state index contributed by atoms with van der Waals surface area (Å²) in [5, 5.41) is 6.68. The van der Waals surface area contributed by atoms with Crippen molar-refractivity contribution in [1.82, 2.24) is 34.9 Å². The van der Waals surface area contributed by atoms with E-state index in [-0.39, 0.29) is 0 Å². The van der Waals surface area contributed by atoms with E-state index in [1.54, 1.807) is 12.4 Å². The van der Waals surface area contributed by atoms with E-state index in [2.05, 4.69) is 162 Å². The van der Waals surface area contributed by atoms with Crippen molar-refractivity contribution in [2.75, 3.05) is 0 Å². The summed E-state index contributed by atoms with van der Waals surface area (Å²) in [5.74, 6) is 1.32. The summed E-state index contributed by atoms with van der Waals surface area (Å²) in [6.07, 6.45) is 3.49. The van der Waals surface area contributed by atoms with E-state index < -0.39 is 0 Å². The van der Waals surface area contributed by atoms with E-state index in [1.807, 2.05) is 48.5 Å². The smallest absolute Gasteiger partial charge is 0.182 e. The third-order valence-corrected chi connectivity index (χ3v) is 11.8. The zero-order chi connectivity index (χ0) is 42.4. The van der Waals surface area contributed by atoms with Crippen LogP contribution in [0.25, 0.3) is 123 Å². The molecule has 0 saturated heterocycles. The molecular formula is C57H35N7. The van der Waals surface area contributed by atoms with E-state index >= 15 is 0 Å². The van der Waals surface area contributed by atoms with Gasteiger partial charge in [0.25, 0.3) is 0 Å². The van der Waals surface area contributed by atoms with Gasteiger partial charge >= 0.3 is 0 Å². The van der Waals surface area contributed by atoms with Gasteiger partial charge in [0.1, 0.15) is 11.4 Å². The molecule has 0 amide bonds. The average Bonchev–Trinajstić information content (AvgIpc) is 3.37. The van der Waals surface area contributed by atoms with Gasteiger partial charge in [-0.05, 0) is 145 Å². The lowest BCUT2D eigenvalue weighted by atomic mass is 9.91. The van der Waals surface area contributed by atoms with Crippen LogP contribution in [0.15, 0.2) is 213 Å². The molecule has 0 fully saturated rings. The number of aromatic nitrogens is 7. The molecule has 7 heteroatoms. The molecule has 12 rings (SSSR count). The number of hydrogen-bond donors (Lipinski definition) is 0. The van der Waals surface area contributed by atoms with Crippen LogP contribution in [0.4, 0.5) is 0 Å². The topological polar surface area (TPSA) is 90.2 Å². The molecule has 298 valence electrons. The molecule has 0 atom stereocenters. The summed E-state index contributed by atoms with van der Waals surface area (Å²) in [4.78, 5) is 34.3. The number of pyridine rings is 4. The quantitative estimate of drug-likeness (QED) is 0.158. The second kappa shape index (κ2) is 15.6. The molecule has 0 unspecified atom stereocenters. The molecule has 5 heterocycles. The normalized spacial score (nSPS) is 11.4. The molecule has 7 nitrogen and oxygen atoms in total. The Morgan fingerprint density at radius 2 is 0.656 bits per heavy atom. The van der Waals surface area contributed by atoms with E-state index in [4.69, 9.17) is 24.9 Å². The minimum Gasteiger partial charge on any atom is -0.237 e. The maximum Gasteiger partial charge on any atom is 0.182 e. The van der Waals surface area contributed by atoms with Crippen molar-refractivity contribution in [3.63, 3.8) is 0 Å². The van der Waals surface area contributed by atoms with Crippen LogP contribution in [0.5, 0.6) is 0 Å². The first-order valence-corrected chi connectivity index (χ1v) is 21.2. The standard InChI is InChI=1S/C57H35N7/c1-3-21-47-36(11-1)13-7-23-49(47)42-17-5-15-40(31-42)44-33-45(41-16-6-18-43(32-41)50-24-8-14-37-12-2-4-22-48(37)50)35-46(34-44)55-62-56(51-27-25-38-19-9-29-58-53(38)60-51)64-57(63-55)52-28-26-39-20-10-30-59-54(39)61-52/h1-35H. The Morgan fingerprint density at radius 1 is 0.250 bits per heavy atom. The Morgan fingerprint density at radius 3 is 1.19 bits per heavy atom. The first-order valence-electron chi connectivity index (χ1n) is 21.2. The lowest BCUT2D eigenvalue weighted by Crippen LogP contribution is -2.03. The molecule has 5 aromatic heterocycles. The van der Waals surface area contributed by atoms with Gasteiger partial charge in [0.15, 0.2) is 28.8 Å². The molecule has 0 radical (unpaired) electrons. The predicted octanol–water partition coefficient (Wildman–Crippen LogP) is 13.7. The van der Waals surface area contributed by atoms with Crippen LogP contribution >= 0.6 is 0 Å². The second-order valence-electron chi connectivity index (χ2n) is 15.8. The fourth-order valence-electron chi connectivity index (χ4n) is 8.67. The Labute approximate surface area is 368 Å². The molecule has 7 aromatic carbocycles. The second-order valence-corrected chi connectivity index (χ2v) is 15.8. The van der Waals surface area contributed by atoms with Crippen LogP contribution in [-0.2, 0) is 0 Å². The summed E-state index contributed by atoms with van der Waals surface area (Å²) >= 11 is 0. The molecule has 12 aromatic rings. The van der Waals surface area contributed by atoms with E-state index in [1.165, 1.54) is 32.7 Å². The monoisotopic (exact) mass is 817 g/mol. The fourth-order valence-corrected chi connectivity index (χ4v) is 8.67. The van der Waals surface area contributed by atoms with Gasteiger partial charge in [0, 0.05) is 28.7 Å². The molecule has 0 aliphatic rings. The van der Waals surface area contributed by atoms with E-state index in [0.29, 0.717) is 40.2 Å². The molecular weight excluding hydrogens is 783 g/mol. The van der Waals surface area contributed by atoms with Gasteiger partial charge in [-0.1, -0.05) is 121 Å². The summed E-state index contributed by atoms with van der Waals surface area (Å²) < 4.78 is 0. The van der Waals surface area contributed by atoms with Gasteiger partial charge in [0.05, 0.1) is 0 Å². The van der Waals surface area contributed by atoms with Crippen molar-refractivity contribution in [2.24, 2.45) is 0 Å². The Kier molecular flexibility index (Phi) is 9.01. The zero-order valence-corrected chi connectivity index (χ0v) is 34.3. The highest BCUT2D eigenvalue weighted by Crippen LogP contribution is 2.38. The molecule has 0 aliphatic carbocycles. The summed E-state index contributed by atoms with van der Waals surface area (Å²) in [7, 11) is 0. The Bertz CT molecular complexity index is 3520. The predicted molar refractivity (Wildman–Crippen MR) is 259 cm³/mol. The van der Waals surface area contributed by atoms with Gasteiger partial charge in [-0.3, -0.25) is 0 Å². The number of fused-ring (bicyclic) bond motifs is 4. The molecule has 0 aliphatic heterocycles. The van der Waals surface area contributed by atoms with Crippen LogP contribution in [-0.4, -0.2) is 34.9 Å². The Balaban J connectivity index is 1.07. The fraction of sp³-hybridized carbons (Fsp3) is 0. The van der Waals surface area contributed by atoms with Crippen LogP contribution in [0.1, 0.15) is 0 Å². The molecule has 64 heavy (non-hydrogen) atoms. The minimum absolute atomic E-state index is 0.415. The SMILES string of the molecule is c1cc(-c2cc(-c3cccc(-c4cccc5ccccc45)c3)cc(-c3nc(-c4ccc5cccnc5n4)nc(-c4ccc5cccnc5n4)n3)c2)cc(-c2cccc3ccccc23)c1. The van der Waals surface area contributed by atoms with Crippen molar-refractivity contribution < 1.29 is 0 Å². The maximum absolute atomic E-state index is 5.18. The largest absolute Gasteiger partial charge is 0.237 e. The molecule has 0 bridgehead atoms. The summed E-state index contributed by atoms with van der Waals surface area (Å²) in [6.45, 7) is 0. The van der Waals surface area contributed by atoms with E-state index in [0.717, 1.165) is 49.7 Å². The summed E-state index contributed by atoms with van der Waals surface area (Å²) in [5.41, 5.74) is 12.0. The first-order chi connectivity index (χ1) is 31.7. The van der Waals surface area contributed by atoms with Gasteiger partial charge < -0.3 is 0 Å². The highest BCUT2D eigenvalue weighted by molar-refractivity contribution is 5.99. The third-order valence-electron chi connectivity index (χ3n) is 11.8. The van der Waals surface area contributed by atoms with Gasteiger partial charge in [-0.2, -0.15) is 0 Å². The highest BCUT2D eigenvalue weighted by Gasteiger charge is 2.18. The number of hydrogen-bond acceptors (Lipinski definition) is 7. The van der Waals surface area contributed by atoms with Gasteiger partial charge in [-0.25, -0.2) is 34.9 Å². The average molecular weight is 818 g/mol. The first kappa shape index (κ1) is 37.0. The number of rotatable bonds is 7. The van der Waals surface area contributed by atoms with Crippen LogP contribution in [0.3, 0.4) is 0 Å². The van der Waals surface area contributed by atoms with Crippen molar-refractivity contribution in [2.45, 2.75) is 0 Å². The number of nitrogens with zero attached hydrogens (tertiary/aromatic N) is 7. The van der Waals surface area contributed by atoms with Crippen molar-refractivity contribution >= 4 is 43.6 Å².